The molecular weight excluding hydrogens is 198 g/mol. The number of amides is 2. The van der Waals surface area contributed by atoms with Crippen LogP contribution < -0.4 is 10.6 Å². The maximum atomic E-state index is 11.4. The highest BCUT2D eigenvalue weighted by Crippen LogP contribution is 2.10. The summed E-state index contributed by atoms with van der Waals surface area (Å²) < 4.78 is 0. The van der Waals surface area contributed by atoms with Crippen LogP contribution in [-0.2, 0) is 0 Å². The number of hydrogen-bond donors (Lipinski definition) is 2. The molecule has 1 atom stereocenters. The molecule has 0 saturated carbocycles. The lowest BCUT2D eigenvalue weighted by Crippen LogP contribution is -2.38. The average molecular weight is 213 g/mol. The van der Waals surface area contributed by atoms with E-state index in [0.29, 0.717) is 11.0 Å². The monoisotopic (exact) mass is 213 g/mol. The van der Waals surface area contributed by atoms with Gasteiger partial charge in [0.2, 0.25) is 0 Å². The number of carbonyl (C=O) groups excluding carboxylic acids is 1. The summed E-state index contributed by atoms with van der Waals surface area (Å²) in [5, 5.41) is 7.94. The van der Waals surface area contributed by atoms with Gasteiger partial charge in [0, 0.05) is 17.6 Å². The molecule has 1 aromatic heterocycles. The zero-order chi connectivity index (χ0) is 10.6. The van der Waals surface area contributed by atoms with Gasteiger partial charge < -0.3 is 5.32 Å². The minimum Gasteiger partial charge on any atom is -0.335 e. The number of rotatable bonds is 3. The van der Waals surface area contributed by atoms with Gasteiger partial charge in [0.25, 0.3) is 0 Å². The smallest absolute Gasteiger partial charge is 0.321 e. The van der Waals surface area contributed by atoms with Crippen LogP contribution in [0, 0.1) is 5.92 Å². The van der Waals surface area contributed by atoms with Gasteiger partial charge in [0.1, 0.15) is 0 Å². The molecule has 1 aromatic rings. The lowest BCUT2D eigenvalue weighted by Gasteiger charge is -2.16. The third-order valence-corrected chi connectivity index (χ3v) is 2.70. The van der Waals surface area contributed by atoms with Crippen molar-refractivity contribution in [1.29, 1.82) is 0 Å². The first kappa shape index (κ1) is 11.0. The first-order valence-corrected chi connectivity index (χ1v) is 5.44. The van der Waals surface area contributed by atoms with E-state index in [1.54, 1.807) is 6.20 Å². The summed E-state index contributed by atoms with van der Waals surface area (Å²) in [5.41, 5.74) is 0. The lowest BCUT2D eigenvalue weighted by atomic mass is 10.1. The molecule has 0 saturated heterocycles. The minimum absolute atomic E-state index is 0.162. The molecule has 78 valence electrons. The van der Waals surface area contributed by atoms with Gasteiger partial charge in [-0.15, -0.1) is 11.3 Å². The third kappa shape index (κ3) is 3.33. The zero-order valence-electron chi connectivity index (χ0n) is 8.57. The Kier molecular flexibility index (Phi) is 3.88. The summed E-state index contributed by atoms with van der Waals surface area (Å²) >= 11 is 1.40. The fourth-order valence-electron chi connectivity index (χ4n) is 0.792. The summed E-state index contributed by atoms with van der Waals surface area (Å²) in [6.45, 7) is 6.11. The molecule has 1 heterocycles. The van der Waals surface area contributed by atoms with E-state index in [9.17, 15) is 4.79 Å². The van der Waals surface area contributed by atoms with Crippen molar-refractivity contribution in [1.82, 2.24) is 10.3 Å². The second-order valence-corrected chi connectivity index (χ2v) is 4.36. The van der Waals surface area contributed by atoms with Crippen LogP contribution in [-0.4, -0.2) is 17.1 Å². The zero-order valence-corrected chi connectivity index (χ0v) is 9.39. The number of carbonyl (C=O) groups is 1. The van der Waals surface area contributed by atoms with Crippen molar-refractivity contribution in [3.8, 4) is 0 Å². The van der Waals surface area contributed by atoms with Gasteiger partial charge in [-0.1, -0.05) is 13.8 Å². The van der Waals surface area contributed by atoms with E-state index >= 15 is 0 Å². The minimum atomic E-state index is -0.193. The fraction of sp³-hybridized carbons (Fsp3) is 0.556. The van der Waals surface area contributed by atoms with Crippen molar-refractivity contribution < 1.29 is 4.79 Å². The average Bonchev–Trinajstić information content (AvgIpc) is 2.56. The van der Waals surface area contributed by atoms with Crippen LogP contribution in [0.5, 0.6) is 0 Å². The van der Waals surface area contributed by atoms with E-state index in [1.807, 2.05) is 12.3 Å². The SMILES string of the molecule is CC(C)C(C)NC(=O)Nc1nccs1. The Balaban J connectivity index is 2.36. The molecule has 5 heteroatoms. The summed E-state index contributed by atoms with van der Waals surface area (Å²) in [6, 6.07) is -0.0314. The molecule has 0 aliphatic heterocycles. The number of anilines is 1. The van der Waals surface area contributed by atoms with Crippen LogP contribution in [0.15, 0.2) is 11.6 Å². The predicted octanol–water partition coefficient (Wildman–Crippen LogP) is 2.31. The molecule has 1 rings (SSSR count). The van der Waals surface area contributed by atoms with Gasteiger partial charge in [-0.2, -0.15) is 0 Å². The summed E-state index contributed by atoms with van der Waals surface area (Å²) in [7, 11) is 0. The lowest BCUT2D eigenvalue weighted by molar-refractivity contribution is 0.246. The Bertz CT molecular complexity index is 284. The first-order chi connectivity index (χ1) is 6.59. The maximum absolute atomic E-state index is 11.4. The molecule has 0 radical (unpaired) electrons. The molecule has 1 unspecified atom stereocenters. The number of aromatic nitrogens is 1. The van der Waals surface area contributed by atoms with Crippen molar-refractivity contribution in [2.24, 2.45) is 5.92 Å². The van der Waals surface area contributed by atoms with Crippen molar-refractivity contribution >= 4 is 22.5 Å². The Hall–Kier alpha value is -1.10. The van der Waals surface area contributed by atoms with Crippen LogP contribution in [0.3, 0.4) is 0 Å². The van der Waals surface area contributed by atoms with Crippen LogP contribution in [0.1, 0.15) is 20.8 Å². The number of hydrogen-bond acceptors (Lipinski definition) is 3. The largest absolute Gasteiger partial charge is 0.335 e. The standard InChI is InChI=1S/C9H15N3OS/c1-6(2)7(3)11-8(13)12-9-10-4-5-14-9/h4-7H,1-3H3,(H2,10,11,12,13). The second kappa shape index (κ2) is 4.95. The molecule has 4 nitrogen and oxygen atoms in total. The van der Waals surface area contributed by atoms with Crippen LogP contribution in [0.4, 0.5) is 9.93 Å². The molecule has 14 heavy (non-hydrogen) atoms. The van der Waals surface area contributed by atoms with Crippen LogP contribution in [0.2, 0.25) is 0 Å². The summed E-state index contributed by atoms with van der Waals surface area (Å²) in [4.78, 5) is 15.3. The molecule has 0 bridgehead atoms. The van der Waals surface area contributed by atoms with E-state index in [0.717, 1.165) is 0 Å². The van der Waals surface area contributed by atoms with Gasteiger partial charge in [-0.3, -0.25) is 5.32 Å². The van der Waals surface area contributed by atoms with Crippen molar-refractivity contribution in [3.05, 3.63) is 11.6 Å². The highest BCUT2D eigenvalue weighted by molar-refractivity contribution is 7.13. The third-order valence-electron chi connectivity index (χ3n) is 2.01. The second-order valence-electron chi connectivity index (χ2n) is 3.47. The molecule has 0 spiro atoms. The van der Waals surface area contributed by atoms with E-state index in [-0.39, 0.29) is 12.1 Å². The van der Waals surface area contributed by atoms with Crippen LogP contribution in [0.25, 0.3) is 0 Å². The van der Waals surface area contributed by atoms with E-state index < -0.39 is 0 Å². The van der Waals surface area contributed by atoms with Gasteiger partial charge in [-0.25, -0.2) is 9.78 Å². The predicted molar refractivity (Wildman–Crippen MR) is 58.6 cm³/mol. The summed E-state index contributed by atoms with van der Waals surface area (Å²) in [6.07, 6.45) is 1.66. The number of nitrogens with one attached hydrogen (secondary N) is 2. The van der Waals surface area contributed by atoms with Gasteiger partial charge in [-0.05, 0) is 12.8 Å². The molecular formula is C9H15N3OS. The number of thiazole rings is 1. The Morgan fingerprint density at radius 2 is 2.21 bits per heavy atom. The van der Waals surface area contributed by atoms with Gasteiger partial charge in [0.15, 0.2) is 5.13 Å². The van der Waals surface area contributed by atoms with Gasteiger partial charge in [0.05, 0.1) is 0 Å². The Labute approximate surface area is 87.7 Å². The van der Waals surface area contributed by atoms with Crippen LogP contribution >= 0.6 is 11.3 Å². The molecule has 0 aromatic carbocycles. The van der Waals surface area contributed by atoms with Crippen molar-refractivity contribution in [3.63, 3.8) is 0 Å². The fourth-order valence-corrected chi connectivity index (χ4v) is 1.32. The van der Waals surface area contributed by atoms with Crippen molar-refractivity contribution in [2.45, 2.75) is 26.8 Å². The maximum Gasteiger partial charge on any atom is 0.321 e. The normalized spacial score (nSPS) is 12.6. The van der Waals surface area contributed by atoms with E-state index in [2.05, 4.69) is 29.5 Å². The molecule has 0 aliphatic rings. The number of urea groups is 1. The Morgan fingerprint density at radius 3 is 2.71 bits per heavy atom. The molecule has 2 amide bonds. The number of nitrogens with zero attached hydrogens (tertiary/aromatic N) is 1. The highest BCUT2D eigenvalue weighted by atomic mass is 32.1. The quantitative estimate of drug-likeness (QED) is 0.809. The molecule has 0 fully saturated rings. The van der Waals surface area contributed by atoms with E-state index in [4.69, 9.17) is 0 Å². The van der Waals surface area contributed by atoms with Gasteiger partial charge >= 0.3 is 6.03 Å². The van der Waals surface area contributed by atoms with E-state index in [1.165, 1.54) is 11.3 Å². The Morgan fingerprint density at radius 1 is 1.50 bits per heavy atom. The topological polar surface area (TPSA) is 54.0 Å². The van der Waals surface area contributed by atoms with Crippen molar-refractivity contribution in [2.75, 3.05) is 5.32 Å². The molecule has 0 aliphatic carbocycles. The summed E-state index contributed by atoms with van der Waals surface area (Å²) in [5.74, 6) is 0.428. The first-order valence-electron chi connectivity index (χ1n) is 4.56. The molecule has 2 N–H and O–H groups in total. The highest BCUT2D eigenvalue weighted by Gasteiger charge is 2.10.